The van der Waals surface area contributed by atoms with Crippen molar-refractivity contribution in [1.82, 2.24) is 4.90 Å². The maximum atomic E-state index is 12.7. The standard InChI is InChI=1S/C19H29NO5/c1-7-24-17(21)16(14(2)15-11-9-8-10-12-15)20(13-23-6)18(22)25-19(3,4)5/h8-12,14,16H,7,13H2,1-6H3/t14-,16+/m1/s1. The van der Waals surface area contributed by atoms with Gasteiger partial charge in [0.05, 0.1) is 6.61 Å². The molecule has 140 valence electrons. The van der Waals surface area contributed by atoms with Gasteiger partial charge in [-0.1, -0.05) is 37.3 Å². The predicted molar refractivity (Wildman–Crippen MR) is 95.2 cm³/mol. The molecule has 0 aliphatic heterocycles. The lowest BCUT2D eigenvalue weighted by Crippen LogP contribution is -2.51. The predicted octanol–water partition coefficient (Wildman–Crippen LogP) is 3.56. The van der Waals surface area contributed by atoms with E-state index >= 15 is 0 Å². The highest BCUT2D eigenvalue weighted by Gasteiger charge is 2.38. The maximum absolute atomic E-state index is 12.7. The van der Waals surface area contributed by atoms with Crippen molar-refractivity contribution < 1.29 is 23.8 Å². The molecule has 1 aromatic rings. The highest BCUT2D eigenvalue weighted by Crippen LogP contribution is 2.26. The van der Waals surface area contributed by atoms with E-state index < -0.39 is 23.7 Å². The molecule has 0 heterocycles. The number of hydrogen-bond acceptors (Lipinski definition) is 5. The summed E-state index contributed by atoms with van der Waals surface area (Å²) in [5, 5.41) is 0. The third-order valence-corrected chi connectivity index (χ3v) is 3.56. The van der Waals surface area contributed by atoms with Crippen LogP contribution >= 0.6 is 0 Å². The van der Waals surface area contributed by atoms with Crippen LogP contribution in [-0.4, -0.2) is 49.1 Å². The molecule has 2 atom stereocenters. The van der Waals surface area contributed by atoms with E-state index in [0.29, 0.717) is 0 Å². The van der Waals surface area contributed by atoms with E-state index in [2.05, 4.69) is 0 Å². The number of carbonyl (C=O) groups is 2. The van der Waals surface area contributed by atoms with Gasteiger partial charge in [0.25, 0.3) is 0 Å². The van der Waals surface area contributed by atoms with Crippen LogP contribution in [0.1, 0.15) is 46.1 Å². The third kappa shape index (κ3) is 6.38. The Balaban J connectivity index is 3.20. The van der Waals surface area contributed by atoms with E-state index in [1.165, 1.54) is 12.0 Å². The molecule has 1 amide bonds. The second-order valence-corrected chi connectivity index (χ2v) is 6.76. The average Bonchev–Trinajstić information content (AvgIpc) is 2.53. The molecule has 0 N–H and O–H groups in total. The highest BCUT2D eigenvalue weighted by molar-refractivity contribution is 5.82. The molecule has 0 aliphatic rings. The molecule has 1 aromatic carbocycles. The fraction of sp³-hybridized carbons (Fsp3) is 0.579. The number of hydrogen-bond donors (Lipinski definition) is 0. The van der Waals surface area contributed by atoms with Gasteiger partial charge >= 0.3 is 12.1 Å². The fourth-order valence-corrected chi connectivity index (χ4v) is 2.47. The minimum absolute atomic E-state index is 0.0738. The van der Waals surface area contributed by atoms with Crippen LogP contribution in [0, 0.1) is 0 Å². The summed E-state index contributed by atoms with van der Waals surface area (Å²) in [6.45, 7) is 9.09. The highest BCUT2D eigenvalue weighted by atomic mass is 16.6. The number of rotatable bonds is 7. The van der Waals surface area contributed by atoms with E-state index in [4.69, 9.17) is 14.2 Å². The van der Waals surface area contributed by atoms with Crippen LogP contribution in [0.2, 0.25) is 0 Å². The van der Waals surface area contributed by atoms with Gasteiger partial charge in [-0.3, -0.25) is 4.90 Å². The van der Waals surface area contributed by atoms with Crippen LogP contribution < -0.4 is 0 Å². The number of esters is 1. The summed E-state index contributed by atoms with van der Waals surface area (Å²) < 4.78 is 15.8. The lowest BCUT2D eigenvalue weighted by molar-refractivity contribution is -0.152. The summed E-state index contributed by atoms with van der Waals surface area (Å²) in [7, 11) is 1.47. The summed E-state index contributed by atoms with van der Waals surface area (Å²) in [6.07, 6.45) is -0.616. The molecular formula is C19H29NO5. The van der Waals surface area contributed by atoms with Crippen LogP contribution in [-0.2, 0) is 19.0 Å². The Labute approximate surface area is 150 Å². The minimum Gasteiger partial charge on any atom is -0.464 e. The van der Waals surface area contributed by atoms with Gasteiger partial charge in [0.2, 0.25) is 0 Å². The molecule has 0 radical (unpaired) electrons. The SMILES string of the molecule is CCOC(=O)[C@H]([C@H](C)c1ccccc1)N(COC)C(=O)OC(C)(C)C. The Morgan fingerprint density at radius 3 is 2.24 bits per heavy atom. The van der Waals surface area contributed by atoms with E-state index in [1.807, 2.05) is 37.3 Å². The van der Waals surface area contributed by atoms with Crippen molar-refractivity contribution in [3.05, 3.63) is 35.9 Å². The average molecular weight is 351 g/mol. The summed E-state index contributed by atoms with van der Waals surface area (Å²) in [6, 6.07) is 8.66. The van der Waals surface area contributed by atoms with Gasteiger partial charge in [-0.05, 0) is 33.3 Å². The van der Waals surface area contributed by atoms with Gasteiger partial charge in [0.1, 0.15) is 18.4 Å². The van der Waals surface area contributed by atoms with Crippen LogP contribution in [0.3, 0.4) is 0 Å². The molecular weight excluding hydrogens is 322 g/mol. The van der Waals surface area contributed by atoms with Crippen molar-refractivity contribution >= 4 is 12.1 Å². The topological polar surface area (TPSA) is 65.1 Å². The Bertz CT molecular complexity index is 553. The van der Waals surface area contributed by atoms with Gasteiger partial charge in [0.15, 0.2) is 0 Å². The van der Waals surface area contributed by atoms with E-state index in [9.17, 15) is 9.59 Å². The lowest BCUT2D eigenvalue weighted by atomic mass is 9.92. The zero-order valence-electron chi connectivity index (χ0n) is 15.9. The van der Waals surface area contributed by atoms with Gasteiger partial charge in [-0.15, -0.1) is 0 Å². The second-order valence-electron chi connectivity index (χ2n) is 6.76. The molecule has 0 unspecified atom stereocenters. The van der Waals surface area contributed by atoms with Crippen molar-refractivity contribution in [1.29, 1.82) is 0 Å². The monoisotopic (exact) mass is 351 g/mol. The number of amides is 1. The molecule has 6 nitrogen and oxygen atoms in total. The van der Waals surface area contributed by atoms with Crippen molar-refractivity contribution in [3.8, 4) is 0 Å². The van der Waals surface area contributed by atoms with Gasteiger partial charge in [-0.25, -0.2) is 9.59 Å². The summed E-state index contributed by atoms with van der Waals surface area (Å²) in [4.78, 5) is 26.5. The Morgan fingerprint density at radius 2 is 1.76 bits per heavy atom. The molecule has 0 bridgehead atoms. The molecule has 25 heavy (non-hydrogen) atoms. The maximum Gasteiger partial charge on any atom is 0.412 e. The van der Waals surface area contributed by atoms with Crippen LogP contribution in [0.5, 0.6) is 0 Å². The molecule has 6 heteroatoms. The number of ether oxygens (including phenoxy) is 3. The molecule has 0 aliphatic carbocycles. The first-order chi connectivity index (χ1) is 11.7. The van der Waals surface area contributed by atoms with Crippen LogP contribution in [0.4, 0.5) is 4.79 Å². The summed E-state index contributed by atoms with van der Waals surface area (Å²) in [5.41, 5.74) is 0.239. The Hall–Kier alpha value is -2.08. The first-order valence-corrected chi connectivity index (χ1v) is 8.41. The molecule has 0 saturated carbocycles. The van der Waals surface area contributed by atoms with Crippen molar-refractivity contribution in [3.63, 3.8) is 0 Å². The van der Waals surface area contributed by atoms with Crippen molar-refractivity contribution in [2.45, 2.75) is 52.2 Å². The van der Waals surface area contributed by atoms with E-state index in [-0.39, 0.29) is 19.3 Å². The third-order valence-electron chi connectivity index (χ3n) is 3.56. The molecule has 0 spiro atoms. The second kappa shape index (κ2) is 9.42. The largest absolute Gasteiger partial charge is 0.464 e. The van der Waals surface area contributed by atoms with Crippen LogP contribution in [0.25, 0.3) is 0 Å². The Morgan fingerprint density at radius 1 is 1.16 bits per heavy atom. The molecule has 0 aromatic heterocycles. The number of benzene rings is 1. The van der Waals surface area contributed by atoms with Crippen molar-refractivity contribution in [2.24, 2.45) is 0 Å². The number of nitrogens with zero attached hydrogens (tertiary/aromatic N) is 1. The minimum atomic E-state index is -0.850. The van der Waals surface area contributed by atoms with Crippen LogP contribution in [0.15, 0.2) is 30.3 Å². The number of carbonyl (C=O) groups excluding carboxylic acids is 2. The summed E-state index contributed by atoms with van der Waals surface area (Å²) >= 11 is 0. The summed E-state index contributed by atoms with van der Waals surface area (Å²) in [5.74, 6) is -0.773. The van der Waals surface area contributed by atoms with E-state index in [1.54, 1.807) is 27.7 Å². The first kappa shape index (κ1) is 21.0. The molecule has 0 saturated heterocycles. The smallest absolute Gasteiger partial charge is 0.412 e. The zero-order chi connectivity index (χ0) is 19.0. The quantitative estimate of drug-likeness (QED) is 0.555. The zero-order valence-corrected chi connectivity index (χ0v) is 15.9. The molecule has 0 fully saturated rings. The van der Waals surface area contributed by atoms with Gasteiger partial charge in [0, 0.05) is 13.0 Å². The number of methoxy groups -OCH3 is 1. The normalized spacial score (nSPS) is 13.7. The first-order valence-electron chi connectivity index (χ1n) is 8.41. The van der Waals surface area contributed by atoms with Gasteiger partial charge < -0.3 is 14.2 Å². The Kier molecular flexibility index (Phi) is 7.90. The molecule has 1 rings (SSSR count). The van der Waals surface area contributed by atoms with Gasteiger partial charge in [-0.2, -0.15) is 0 Å². The van der Waals surface area contributed by atoms with E-state index in [0.717, 1.165) is 5.56 Å². The fourth-order valence-electron chi connectivity index (χ4n) is 2.47. The lowest BCUT2D eigenvalue weighted by Gasteiger charge is -2.34. The van der Waals surface area contributed by atoms with Crippen molar-refractivity contribution in [2.75, 3.05) is 20.4 Å².